The molecule has 0 aliphatic carbocycles. The van der Waals surface area contributed by atoms with Gasteiger partial charge in [0.25, 0.3) is 10.0 Å². The molecule has 0 spiro atoms. The van der Waals surface area contributed by atoms with Crippen LogP contribution < -0.4 is 14.2 Å². The molecule has 0 amide bonds. The summed E-state index contributed by atoms with van der Waals surface area (Å²) in [5.41, 5.74) is 1.79. The fourth-order valence-corrected chi connectivity index (χ4v) is 3.43. The van der Waals surface area contributed by atoms with Crippen LogP contribution >= 0.6 is 0 Å². The zero-order valence-electron chi connectivity index (χ0n) is 12.9. The number of rotatable bonds is 5. The van der Waals surface area contributed by atoms with Crippen molar-refractivity contribution in [2.75, 3.05) is 18.9 Å². The fourth-order valence-electron chi connectivity index (χ4n) is 2.15. The molecule has 0 saturated carbocycles. The molecule has 0 radical (unpaired) electrons. The minimum atomic E-state index is -3.78. The Bertz CT molecular complexity index is 788. The number of methoxy groups -OCH3 is 2. The highest BCUT2D eigenvalue weighted by Crippen LogP contribution is 2.34. The van der Waals surface area contributed by atoms with E-state index in [0.29, 0.717) is 17.0 Å². The summed E-state index contributed by atoms with van der Waals surface area (Å²) >= 11 is 0. The van der Waals surface area contributed by atoms with Crippen LogP contribution in [0.2, 0.25) is 0 Å². The average Bonchev–Trinajstić information content (AvgIpc) is 2.46. The van der Waals surface area contributed by atoms with Crippen LogP contribution in [0.4, 0.5) is 5.69 Å². The largest absolute Gasteiger partial charge is 0.496 e. The van der Waals surface area contributed by atoms with Gasteiger partial charge in [0, 0.05) is 17.5 Å². The number of aromatic nitrogens is 1. The second-order valence-electron chi connectivity index (χ2n) is 4.72. The highest BCUT2D eigenvalue weighted by molar-refractivity contribution is 7.92. The van der Waals surface area contributed by atoms with Crippen LogP contribution in [0.25, 0.3) is 0 Å². The number of hydrogen-bond donors (Lipinski definition) is 1. The standard InChI is InChI=1S/C15H18N2O4S/c1-10-9-12(7-8-16-10)17-22(18,19)14-6-5-13(20-3)11(2)15(14)21-4/h5-9H,1-4H3,(H,16,17). The van der Waals surface area contributed by atoms with Gasteiger partial charge in [-0.1, -0.05) is 0 Å². The Morgan fingerprint density at radius 3 is 2.41 bits per heavy atom. The first kappa shape index (κ1) is 16.1. The van der Waals surface area contributed by atoms with E-state index >= 15 is 0 Å². The normalized spacial score (nSPS) is 11.1. The summed E-state index contributed by atoms with van der Waals surface area (Å²) in [7, 11) is -0.829. The first-order chi connectivity index (χ1) is 10.4. The van der Waals surface area contributed by atoms with Crippen LogP contribution in [0, 0.1) is 13.8 Å². The molecular formula is C15H18N2O4S. The number of sulfonamides is 1. The lowest BCUT2D eigenvalue weighted by Crippen LogP contribution is -2.15. The molecule has 6 nitrogen and oxygen atoms in total. The second-order valence-corrected chi connectivity index (χ2v) is 6.37. The van der Waals surface area contributed by atoms with Crippen LogP contribution in [0.1, 0.15) is 11.3 Å². The molecule has 1 heterocycles. The van der Waals surface area contributed by atoms with Crippen molar-refractivity contribution in [1.82, 2.24) is 4.98 Å². The van der Waals surface area contributed by atoms with E-state index in [4.69, 9.17) is 9.47 Å². The first-order valence-corrected chi connectivity index (χ1v) is 8.04. The predicted octanol–water partition coefficient (Wildman–Crippen LogP) is 2.52. The Labute approximate surface area is 130 Å². The molecule has 0 aliphatic rings. The maximum Gasteiger partial charge on any atom is 0.265 e. The lowest BCUT2D eigenvalue weighted by Gasteiger charge is -2.15. The van der Waals surface area contributed by atoms with E-state index in [-0.39, 0.29) is 10.6 Å². The molecule has 0 unspecified atom stereocenters. The van der Waals surface area contributed by atoms with Crippen LogP contribution in [-0.4, -0.2) is 27.6 Å². The highest BCUT2D eigenvalue weighted by Gasteiger charge is 2.23. The summed E-state index contributed by atoms with van der Waals surface area (Å²) in [5.74, 6) is 0.827. The summed E-state index contributed by atoms with van der Waals surface area (Å²) < 4.78 is 38.2. The SMILES string of the molecule is COc1ccc(S(=O)(=O)Nc2ccnc(C)c2)c(OC)c1C. The van der Waals surface area contributed by atoms with E-state index in [0.717, 1.165) is 5.69 Å². The molecule has 118 valence electrons. The fraction of sp³-hybridized carbons (Fsp3) is 0.267. The van der Waals surface area contributed by atoms with Gasteiger partial charge < -0.3 is 9.47 Å². The van der Waals surface area contributed by atoms with Crippen molar-refractivity contribution < 1.29 is 17.9 Å². The summed E-state index contributed by atoms with van der Waals surface area (Å²) in [6.45, 7) is 3.53. The molecule has 0 fully saturated rings. The Kier molecular flexibility index (Phi) is 4.56. The van der Waals surface area contributed by atoms with Crippen molar-refractivity contribution in [3.8, 4) is 11.5 Å². The van der Waals surface area contributed by atoms with Crippen molar-refractivity contribution in [2.45, 2.75) is 18.7 Å². The van der Waals surface area contributed by atoms with Gasteiger partial charge in [0.2, 0.25) is 0 Å². The zero-order chi connectivity index (χ0) is 16.3. The monoisotopic (exact) mass is 322 g/mol. The quantitative estimate of drug-likeness (QED) is 0.915. The molecule has 2 aromatic rings. The smallest absolute Gasteiger partial charge is 0.265 e. The van der Waals surface area contributed by atoms with Crippen LogP contribution in [0.5, 0.6) is 11.5 Å². The van der Waals surface area contributed by atoms with Gasteiger partial charge in [-0.15, -0.1) is 0 Å². The number of pyridine rings is 1. The van der Waals surface area contributed by atoms with E-state index in [2.05, 4.69) is 9.71 Å². The molecule has 1 aromatic carbocycles. The van der Waals surface area contributed by atoms with E-state index in [1.165, 1.54) is 20.3 Å². The molecule has 1 N–H and O–H groups in total. The molecule has 0 saturated heterocycles. The number of nitrogens with one attached hydrogen (secondary N) is 1. The summed E-state index contributed by atoms with van der Waals surface area (Å²) in [6, 6.07) is 6.30. The Hall–Kier alpha value is -2.28. The highest BCUT2D eigenvalue weighted by atomic mass is 32.2. The lowest BCUT2D eigenvalue weighted by molar-refractivity contribution is 0.380. The third-order valence-corrected chi connectivity index (χ3v) is 4.59. The van der Waals surface area contributed by atoms with Crippen LogP contribution in [-0.2, 0) is 10.0 Å². The summed E-state index contributed by atoms with van der Waals surface area (Å²) in [5, 5.41) is 0. The Morgan fingerprint density at radius 2 is 1.82 bits per heavy atom. The number of aryl methyl sites for hydroxylation is 1. The topological polar surface area (TPSA) is 77.5 Å². The molecular weight excluding hydrogens is 304 g/mol. The average molecular weight is 322 g/mol. The second kappa shape index (κ2) is 6.23. The van der Waals surface area contributed by atoms with E-state index < -0.39 is 10.0 Å². The number of nitrogens with zero attached hydrogens (tertiary/aromatic N) is 1. The third-order valence-electron chi connectivity index (χ3n) is 3.18. The zero-order valence-corrected chi connectivity index (χ0v) is 13.7. The Morgan fingerprint density at radius 1 is 1.09 bits per heavy atom. The molecule has 1 aromatic heterocycles. The Balaban J connectivity index is 2.48. The van der Waals surface area contributed by atoms with E-state index in [1.807, 2.05) is 0 Å². The summed E-state index contributed by atoms with van der Waals surface area (Å²) in [6.07, 6.45) is 1.55. The van der Waals surface area contributed by atoms with E-state index in [1.54, 1.807) is 38.2 Å². The maximum atomic E-state index is 12.6. The molecule has 2 rings (SSSR count). The lowest BCUT2D eigenvalue weighted by atomic mass is 10.2. The van der Waals surface area contributed by atoms with Crippen molar-refractivity contribution in [3.63, 3.8) is 0 Å². The molecule has 22 heavy (non-hydrogen) atoms. The predicted molar refractivity (Wildman–Crippen MR) is 84.1 cm³/mol. The van der Waals surface area contributed by atoms with Gasteiger partial charge in [-0.25, -0.2) is 8.42 Å². The van der Waals surface area contributed by atoms with Gasteiger partial charge in [0.15, 0.2) is 0 Å². The van der Waals surface area contributed by atoms with Crippen LogP contribution in [0.15, 0.2) is 35.4 Å². The van der Waals surface area contributed by atoms with Crippen molar-refractivity contribution in [2.24, 2.45) is 0 Å². The number of benzene rings is 1. The summed E-state index contributed by atoms with van der Waals surface area (Å²) in [4.78, 5) is 4.10. The number of hydrogen-bond acceptors (Lipinski definition) is 5. The van der Waals surface area contributed by atoms with Crippen molar-refractivity contribution in [1.29, 1.82) is 0 Å². The molecule has 0 bridgehead atoms. The minimum absolute atomic E-state index is 0.0581. The molecule has 0 aliphatic heterocycles. The van der Waals surface area contributed by atoms with Gasteiger partial charge >= 0.3 is 0 Å². The van der Waals surface area contributed by atoms with Crippen molar-refractivity contribution in [3.05, 3.63) is 41.7 Å². The van der Waals surface area contributed by atoms with Crippen LogP contribution in [0.3, 0.4) is 0 Å². The van der Waals surface area contributed by atoms with Gasteiger partial charge in [0.1, 0.15) is 16.4 Å². The minimum Gasteiger partial charge on any atom is -0.496 e. The first-order valence-electron chi connectivity index (χ1n) is 6.56. The third kappa shape index (κ3) is 3.14. The van der Waals surface area contributed by atoms with Gasteiger partial charge in [-0.05, 0) is 38.1 Å². The number of ether oxygens (including phenoxy) is 2. The van der Waals surface area contributed by atoms with E-state index in [9.17, 15) is 8.42 Å². The van der Waals surface area contributed by atoms with Gasteiger partial charge in [0.05, 0.1) is 19.9 Å². The molecule has 7 heteroatoms. The van der Waals surface area contributed by atoms with Gasteiger partial charge in [-0.2, -0.15) is 0 Å². The van der Waals surface area contributed by atoms with Crippen molar-refractivity contribution >= 4 is 15.7 Å². The molecule has 0 atom stereocenters. The number of anilines is 1. The maximum absolute atomic E-state index is 12.6. The van der Waals surface area contributed by atoms with Gasteiger partial charge in [-0.3, -0.25) is 9.71 Å².